The van der Waals surface area contributed by atoms with Crippen LogP contribution in [0.1, 0.15) is 11.5 Å². The number of hydrogen-bond acceptors (Lipinski definition) is 1. The highest BCUT2D eigenvalue weighted by atomic mass is 19.4. The number of benzene rings is 1. The van der Waals surface area contributed by atoms with Gasteiger partial charge in [0.25, 0.3) is 0 Å². The van der Waals surface area contributed by atoms with Crippen LogP contribution >= 0.6 is 0 Å². The molecule has 1 fully saturated rings. The zero-order valence-electron chi connectivity index (χ0n) is 8.08. The van der Waals surface area contributed by atoms with Crippen molar-refractivity contribution in [2.45, 2.75) is 11.7 Å². The first-order valence-electron chi connectivity index (χ1n) is 4.91. The van der Waals surface area contributed by atoms with Crippen LogP contribution in [0.4, 0.5) is 12.9 Å². The lowest BCUT2D eigenvalue weighted by Crippen LogP contribution is -2.28. The molecular weight excluding hydrogens is 204 g/mol. The summed E-state index contributed by atoms with van der Waals surface area (Å²) in [5, 5.41) is 0. The minimum absolute atomic E-state index is 0.177. The second kappa shape index (κ2) is 3.89. The maximum atomic E-state index is 12.7. The van der Waals surface area contributed by atoms with Gasteiger partial charge in [-0.3, -0.25) is 0 Å². The second-order valence-electron chi connectivity index (χ2n) is 3.84. The van der Waals surface area contributed by atoms with Gasteiger partial charge in [0.05, 0.1) is 6.61 Å². The van der Waals surface area contributed by atoms with Crippen molar-refractivity contribution in [3.63, 3.8) is 0 Å². The molecule has 1 saturated heterocycles. The summed E-state index contributed by atoms with van der Waals surface area (Å²) >= 11 is 0. The molecule has 0 N–H and O–H groups in total. The molecule has 1 nitrogen and oxygen atoms in total. The minimum atomic E-state index is -4.81. The van der Waals surface area contributed by atoms with E-state index in [1.807, 2.05) is 0 Å². The molecule has 2 atom stereocenters. The van der Waals surface area contributed by atoms with Crippen LogP contribution in [0.25, 0.3) is 0 Å². The molecule has 1 aromatic carbocycles. The Labute approximate surface area is 86.3 Å². The smallest absolute Gasteiger partial charge is 0.449 e. The largest absolute Gasteiger partial charge is 0.484 e. The predicted octanol–water partition coefficient (Wildman–Crippen LogP) is 3.02. The van der Waals surface area contributed by atoms with Crippen LogP contribution < -0.4 is 0 Å². The first-order valence-corrected chi connectivity index (χ1v) is 4.91. The Hall–Kier alpha value is -0.965. The van der Waals surface area contributed by atoms with Crippen LogP contribution in [0, 0.1) is 0 Å². The molecule has 0 aromatic heterocycles. The molecule has 0 radical (unpaired) electrons. The highest BCUT2D eigenvalue weighted by molar-refractivity contribution is 6.60. The Balaban J connectivity index is 2.23. The van der Waals surface area contributed by atoms with Gasteiger partial charge in [-0.05, 0) is 17.3 Å². The number of ether oxygens (including phenoxy) is 1. The van der Waals surface area contributed by atoms with E-state index in [0.717, 1.165) is 5.56 Å². The van der Waals surface area contributed by atoms with Crippen molar-refractivity contribution in [3.05, 3.63) is 35.9 Å². The zero-order valence-corrected chi connectivity index (χ0v) is 8.08. The molecule has 0 saturated carbocycles. The van der Waals surface area contributed by atoms with Crippen molar-refractivity contribution in [1.82, 2.24) is 0 Å². The Kier molecular flexibility index (Phi) is 2.73. The fourth-order valence-electron chi connectivity index (χ4n) is 1.99. The fourth-order valence-corrected chi connectivity index (χ4v) is 1.99. The van der Waals surface area contributed by atoms with E-state index in [4.69, 9.17) is 4.74 Å². The molecule has 15 heavy (non-hydrogen) atoms. The first-order chi connectivity index (χ1) is 7.09. The molecule has 1 aliphatic rings. The average Bonchev–Trinajstić information content (AvgIpc) is 2.67. The molecule has 5 heteroatoms. The van der Waals surface area contributed by atoms with E-state index in [1.165, 1.54) is 0 Å². The first kappa shape index (κ1) is 10.5. The highest BCUT2D eigenvalue weighted by Gasteiger charge is 2.43. The Morgan fingerprint density at radius 2 is 1.73 bits per heavy atom. The van der Waals surface area contributed by atoms with Crippen LogP contribution in [-0.2, 0) is 4.74 Å². The van der Waals surface area contributed by atoms with Crippen LogP contribution in [0.2, 0.25) is 5.82 Å². The van der Waals surface area contributed by atoms with Gasteiger partial charge in [-0.25, -0.2) is 0 Å². The lowest BCUT2D eigenvalue weighted by molar-refractivity contribution is 0.191. The lowest BCUT2D eigenvalue weighted by Gasteiger charge is -2.26. The summed E-state index contributed by atoms with van der Waals surface area (Å²) < 4.78 is 43.0. The lowest BCUT2D eigenvalue weighted by atomic mass is 9.65. The van der Waals surface area contributed by atoms with E-state index in [2.05, 4.69) is 0 Å². The molecule has 0 spiro atoms. The minimum Gasteiger partial charge on any atom is -0.449 e. The van der Waals surface area contributed by atoms with Gasteiger partial charge in [0.2, 0.25) is 0 Å². The Morgan fingerprint density at radius 1 is 1.07 bits per heavy atom. The summed E-state index contributed by atoms with van der Waals surface area (Å²) in [6, 6.07) is 8.78. The van der Waals surface area contributed by atoms with E-state index < -0.39 is 18.7 Å². The Bertz CT molecular complexity index is 325. The molecule has 0 bridgehead atoms. The molecule has 1 aromatic rings. The van der Waals surface area contributed by atoms with E-state index in [-0.39, 0.29) is 13.2 Å². The standard InChI is InChI=1S/C10H11BF3O/c12-11(13,14)10-7-15-6-9(10)8-4-2-1-3-5-8/h1-5,9-10H,6-7H2/q-1/t9-,10-/m0/s1. The quantitative estimate of drug-likeness (QED) is 0.689. The van der Waals surface area contributed by atoms with Crippen LogP contribution in [0.15, 0.2) is 30.3 Å². The van der Waals surface area contributed by atoms with E-state index >= 15 is 0 Å². The topological polar surface area (TPSA) is 9.23 Å². The van der Waals surface area contributed by atoms with Gasteiger partial charge in [0.15, 0.2) is 0 Å². The van der Waals surface area contributed by atoms with Gasteiger partial charge in [0.1, 0.15) is 0 Å². The van der Waals surface area contributed by atoms with Crippen LogP contribution in [0.3, 0.4) is 0 Å². The fraction of sp³-hybridized carbons (Fsp3) is 0.400. The maximum absolute atomic E-state index is 12.7. The van der Waals surface area contributed by atoms with Crippen molar-refractivity contribution in [2.24, 2.45) is 0 Å². The maximum Gasteiger partial charge on any atom is 0.484 e. The normalized spacial score (nSPS) is 26.9. The molecule has 2 rings (SSSR count). The molecule has 1 aliphatic heterocycles. The van der Waals surface area contributed by atoms with Crippen molar-refractivity contribution in [1.29, 1.82) is 0 Å². The third-order valence-electron chi connectivity index (χ3n) is 2.84. The zero-order chi connectivity index (χ0) is 10.9. The predicted molar refractivity (Wildman–Crippen MR) is 52.8 cm³/mol. The molecule has 0 amide bonds. The van der Waals surface area contributed by atoms with Gasteiger partial charge in [-0.15, -0.1) is 0 Å². The van der Waals surface area contributed by atoms with Crippen LogP contribution in [-0.4, -0.2) is 20.2 Å². The van der Waals surface area contributed by atoms with Gasteiger partial charge in [-0.1, -0.05) is 30.3 Å². The average molecular weight is 215 g/mol. The van der Waals surface area contributed by atoms with Crippen molar-refractivity contribution >= 4 is 6.98 Å². The molecule has 1 heterocycles. The Morgan fingerprint density at radius 3 is 2.33 bits per heavy atom. The summed E-state index contributed by atoms with van der Waals surface area (Å²) in [4.78, 5) is 0. The third-order valence-corrected chi connectivity index (χ3v) is 2.84. The molecule has 82 valence electrons. The molecular formula is C10H11BF3O-. The van der Waals surface area contributed by atoms with Crippen molar-refractivity contribution in [2.75, 3.05) is 13.2 Å². The monoisotopic (exact) mass is 215 g/mol. The summed E-state index contributed by atoms with van der Waals surface area (Å²) in [5.74, 6) is -1.82. The SMILES string of the molecule is F[B-](F)(F)[C@H]1COC[C@H]1c1ccccc1. The van der Waals surface area contributed by atoms with Gasteiger partial charge in [0, 0.05) is 6.61 Å². The van der Waals surface area contributed by atoms with Gasteiger partial charge < -0.3 is 17.7 Å². The van der Waals surface area contributed by atoms with Gasteiger partial charge in [-0.2, -0.15) is 0 Å². The summed E-state index contributed by atoms with van der Waals surface area (Å²) in [6.45, 7) is -4.83. The summed E-state index contributed by atoms with van der Waals surface area (Å²) in [6.07, 6.45) is 0. The van der Waals surface area contributed by atoms with Gasteiger partial charge >= 0.3 is 6.98 Å². The highest BCUT2D eigenvalue weighted by Crippen LogP contribution is 2.43. The molecule has 0 unspecified atom stereocenters. The van der Waals surface area contributed by atoms with Crippen molar-refractivity contribution < 1.29 is 17.7 Å². The van der Waals surface area contributed by atoms with Crippen molar-refractivity contribution in [3.8, 4) is 0 Å². The summed E-state index contributed by atoms with van der Waals surface area (Å²) in [5.41, 5.74) is 0.721. The molecule has 0 aliphatic carbocycles. The van der Waals surface area contributed by atoms with E-state index in [9.17, 15) is 12.9 Å². The van der Waals surface area contributed by atoms with Crippen LogP contribution in [0.5, 0.6) is 0 Å². The number of halogens is 3. The summed E-state index contributed by atoms with van der Waals surface area (Å²) in [7, 11) is 0. The third kappa shape index (κ3) is 2.17. The number of hydrogen-bond donors (Lipinski definition) is 0. The van der Waals surface area contributed by atoms with E-state index in [0.29, 0.717) is 0 Å². The second-order valence-corrected chi connectivity index (χ2v) is 3.84. The number of rotatable bonds is 2. The van der Waals surface area contributed by atoms with E-state index in [1.54, 1.807) is 30.3 Å².